The number of hydrogen-bond donors (Lipinski definition) is 0. The minimum Gasteiger partial charge on any atom is -0.464 e. The second kappa shape index (κ2) is 5.32. The number of methoxy groups -OCH3 is 1. The number of nitrogens with zero attached hydrogens (tertiary/aromatic N) is 3. The maximum atomic E-state index is 13.2. The third-order valence-electron chi connectivity index (χ3n) is 3.05. The quantitative estimate of drug-likeness (QED) is 0.693. The first kappa shape index (κ1) is 13.2. The molecule has 2 aromatic heterocycles. The zero-order chi connectivity index (χ0) is 14.8. The van der Waals surface area contributed by atoms with Crippen LogP contribution in [-0.2, 0) is 11.2 Å². The third kappa shape index (κ3) is 2.60. The predicted octanol–water partition coefficient (Wildman–Crippen LogP) is 2.25. The number of fused-ring (bicyclic) bond motifs is 1. The minimum atomic E-state index is -0.484. The number of hydrogen-bond acceptors (Lipinski definition) is 4. The number of rotatable bonds is 3. The van der Waals surface area contributed by atoms with Gasteiger partial charge in [0, 0.05) is 6.42 Å². The molecule has 0 atom stereocenters. The molecule has 5 nitrogen and oxygen atoms in total. The zero-order valence-corrected chi connectivity index (χ0v) is 11.3. The highest BCUT2D eigenvalue weighted by Gasteiger charge is 2.13. The molecule has 0 spiro atoms. The van der Waals surface area contributed by atoms with Gasteiger partial charge in [-0.05, 0) is 29.8 Å². The van der Waals surface area contributed by atoms with E-state index in [-0.39, 0.29) is 5.82 Å². The summed E-state index contributed by atoms with van der Waals surface area (Å²) in [6, 6.07) is 11.3. The Morgan fingerprint density at radius 2 is 2.10 bits per heavy atom. The highest BCUT2D eigenvalue weighted by molar-refractivity contribution is 5.88. The van der Waals surface area contributed by atoms with Crippen LogP contribution in [0.5, 0.6) is 0 Å². The van der Waals surface area contributed by atoms with Crippen molar-refractivity contribution in [3.05, 3.63) is 65.4 Å². The molecule has 2 heterocycles. The summed E-state index contributed by atoms with van der Waals surface area (Å²) in [5.41, 5.74) is 1.61. The van der Waals surface area contributed by atoms with Crippen molar-refractivity contribution >= 4 is 11.6 Å². The van der Waals surface area contributed by atoms with Crippen molar-refractivity contribution < 1.29 is 13.9 Å². The van der Waals surface area contributed by atoms with Crippen LogP contribution in [0.3, 0.4) is 0 Å². The molecule has 0 aliphatic carbocycles. The monoisotopic (exact) mass is 285 g/mol. The van der Waals surface area contributed by atoms with Crippen LogP contribution >= 0.6 is 0 Å². The van der Waals surface area contributed by atoms with Crippen molar-refractivity contribution in [1.29, 1.82) is 0 Å². The van der Waals surface area contributed by atoms with Gasteiger partial charge in [-0.1, -0.05) is 18.2 Å². The molecule has 0 aliphatic rings. The fraction of sp³-hybridized carbons (Fsp3) is 0.133. The maximum absolute atomic E-state index is 13.2. The zero-order valence-electron chi connectivity index (χ0n) is 11.3. The van der Waals surface area contributed by atoms with Crippen LogP contribution in [0, 0.1) is 5.82 Å². The average Bonchev–Trinajstić information content (AvgIpc) is 2.88. The van der Waals surface area contributed by atoms with Gasteiger partial charge in [0.25, 0.3) is 0 Å². The van der Waals surface area contributed by atoms with Gasteiger partial charge in [0.2, 0.25) is 0 Å². The Kier molecular flexibility index (Phi) is 3.35. The number of benzene rings is 1. The molecule has 0 saturated heterocycles. The van der Waals surface area contributed by atoms with E-state index in [0.29, 0.717) is 23.6 Å². The largest absolute Gasteiger partial charge is 0.464 e. The van der Waals surface area contributed by atoms with E-state index in [2.05, 4.69) is 10.1 Å². The molecule has 0 unspecified atom stereocenters. The van der Waals surface area contributed by atoms with Crippen molar-refractivity contribution in [2.24, 2.45) is 0 Å². The van der Waals surface area contributed by atoms with E-state index >= 15 is 0 Å². The molecule has 1 aromatic carbocycles. The number of aromatic nitrogens is 3. The Morgan fingerprint density at radius 3 is 2.86 bits per heavy atom. The van der Waals surface area contributed by atoms with E-state index in [9.17, 15) is 9.18 Å². The van der Waals surface area contributed by atoms with Gasteiger partial charge >= 0.3 is 5.97 Å². The van der Waals surface area contributed by atoms with Crippen molar-refractivity contribution in [2.75, 3.05) is 7.11 Å². The molecule has 0 radical (unpaired) electrons. The summed E-state index contributed by atoms with van der Waals surface area (Å²) in [6.45, 7) is 0. The molecule has 0 aliphatic heterocycles. The van der Waals surface area contributed by atoms with Crippen LogP contribution in [0.25, 0.3) is 5.65 Å². The number of halogens is 1. The highest BCUT2D eigenvalue weighted by Crippen LogP contribution is 2.11. The fourth-order valence-electron chi connectivity index (χ4n) is 2.11. The van der Waals surface area contributed by atoms with Crippen LogP contribution in [-0.4, -0.2) is 27.7 Å². The van der Waals surface area contributed by atoms with Crippen LogP contribution in [0.2, 0.25) is 0 Å². The lowest BCUT2D eigenvalue weighted by Gasteiger charge is -2.00. The Bertz CT molecular complexity index is 814. The van der Waals surface area contributed by atoms with Gasteiger partial charge in [0.1, 0.15) is 5.82 Å². The second-order valence-corrected chi connectivity index (χ2v) is 4.51. The summed E-state index contributed by atoms with van der Waals surface area (Å²) in [5, 5.41) is 4.29. The molecular weight excluding hydrogens is 273 g/mol. The van der Waals surface area contributed by atoms with Crippen molar-refractivity contribution in [2.45, 2.75) is 6.42 Å². The summed E-state index contributed by atoms with van der Waals surface area (Å²) in [7, 11) is 1.31. The Hall–Kier alpha value is -2.76. The number of carbonyl (C=O) groups excluding carboxylic acids is 1. The molecule has 3 rings (SSSR count). The molecule has 6 heteroatoms. The van der Waals surface area contributed by atoms with E-state index in [1.165, 1.54) is 23.8 Å². The Balaban J connectivity index is 1.99. The maximum Gasteiger partial charge on any atom is 0.356 e. The molecule has 21 heavy (non-hydrogen) atoms. The van der Waals surface area contributed by atoms with E-state index < -0.39 is 5.97 Å². The second-order valence-electron chi connectivity index (χ2n) is 4.51. The van der Waals surface area contributed by atoms with Crippen molar-refractivity contribution in [1.82, 2.24) is 14.6 Å². The normalized spacial score (nSPS) is 10.8. The summed E-state index contributed by atoms with van der Waals surface area (Å²) >= 11 is 0. The van der Waals surface area contributed by atoms with Gasteiger partial charge in [-0.15, -0.1) is 0 Å². The molecular formula is C15H12FN3O2. The first-order chi connectivity index (χ1) is 10.2. The summed E-state index contributed by atoms with van der Waals surface area (Å²) < 4.78 is 19.3. The highest BCUT2D eigenvalue weighted by atomic mass is 19.1. The van der Waals surface area contributed by atoms with Crippen LogP contribution in [0.1, 0.15) is 21.9 Å². The smallest absolute Gasteiger partial charge is 0.356 e. The Morgan fingerprint density at radius 1 is 1.29 bits per heavy atom. The molecule has 0 amide bonds. The van der Waals surface area contributed by atoms with E-state index in [1.807, 2.05) is 0 Å². The fourth-order valence-corrected chi connectivity index (χ4v) is 2.11. The van der Waals surface area contributed by atoms with Crippen molar-refractivity contribution in [3.8, 4) is 0 Å². The van der Waals surface area contributed by atoms with Crippen LogP contribution in [0.4, 0.5) is 4.39 Å². The number of carbonyl (C=O) groups is 1. The van der Waals surface area contributed by atoms with Gasteiger partial charge in [-0.25, -0.2) is 18.7 Å². The van der Waals surface area contributed by atoms with Gasteiger partial charge in [-0.3, -0.25) is 0 Å². The van der Waals surface area contributed by atoms with Crippen LogP contribution < -0.4 is 0 Å². The SMILES string of the molecule is COC(=O)c1cccc2nc(Cc3cccc(F)c3)nn12. The standard InChI is InChI=1S/C15H12FN3O2/c1-21-15(20)12-6-3-7-14-17-13(18-19(12)14)9-10-4-2-5-11(16)8-10/h2-8H,9H2,1H3. The predicted molar refractivity (Wildman–Crippen MR) is 73.5 cm³/mol. The topological polar surface area (TPSA) is 56.5 Å². The van der Waals surface area contributed by atoms with E-state index in [1.54, 1.807) is 30.3 Å². The molecule has 3 aromatic rings. The van der Waals surface area contributed by atoms with Gasteiger partial charge in [0.05, 0.1) is 7.11 Å². The van der Waals surface area contributed by atoms with E-state index in [0.717, 1.165) is 5.56 Å². The first-order valence-electron chi connectivity index (χ1n) is 6.35. The summed E-state index contributed by atoms with van der Waals surface area (Å²) in [6.07, 6.45) is 0.389. The number of ether oxygens (including phenoxy) is 1. The lowest BCUT2D eigenvalue weighted by atomic mass is 10.1. The number of pyridine rings is 1. The summed E-state index contributed by atoms with van der Waals surface area (Å²) in [4.78, 5) is 16.0. The lowest BCUT2D eigenvalue weighted by molar-refractivity contribution is 0.0591. The van der Waals surface area contributed by atoms with Crippen molar-refractivity contribution in [3.63, 3.8) is 0 Å². The van der Waals surface area contributed by atoms with E-state index in [4.69, 9.17) is 4.74 Å². The number of esters is 1. The van der Waals surface area contributed by atoms with Gasteiger partial charge in [0.15, 0.2) is 17.2 Å². The first-order valence-corrected chi connectivity index (χ1v) is 6.35. The minimum absolute atomic E-state index is 0.299. The van der Waals surface area contributed by atoms with Gasteiger partial charge in [-0.2, -0.15) is 5.10 Å². The third-order valence-corrected chi connectivity index (χ3v) is 3.05. The van der Waals surface area contributed by atoms with Gasteiger partial charge < -0.3 is 4.74 Å². The molecule has 0 fully saturated rings. The Labute approximate surface area is 120 Å². The molecule has 106 valence electrons. The summed E-state index contributed by atoms with van der Waals surface area (Å²) in [5.74, 6) is -0.272. The average molecular weight is 285 g/mol. The molecule has 0 bridgehead atoms. The molecule has 0 N–H and O–H groups in total. The van der Waals surface area contributed by atoms with Crippen LogP contribution in [0.15, 0.2) is 42.5 Å². The molecule has 0 saturated carbocycles. The lowest BCUT2D eigenvalue weighted by Crippen LogP contribution is -2.08.